The zero-order valence-corrected chi connectivity index (χ0v) is 13.0. The number of carbonyl (C=O) groups is 1. The minimum atomic E-state index is -0.365. The fraction of sp³-hybridized carbons (Fsp3) is 0.350. The van der Waals surface area contributed by atoms with E-state index in [9.17, 15) is 4.79 Å². The number of rotatable bonds is 3. The summed E-state index contributed by atoms with van der Waals surface area (Å²) in [4.78, 5) is 13.0. The Bertz CT molecular complexity index is 669. The fourth-order valence-corrected chi connectivity index (χ4v) is 3.85. The average molecular weight is 278 g/mol. The topological polar surface area (TPSA) is 17.1 Å². The first-order valence-electron chi connectivity index (χ1n) is 7.61. The summed E-state index contributed by atoms with van der Waals surface area (Å²) in [5.74, 6) is 0.326. The van der Waals surface area contributed by atoms with Crippen molar-refractivity contribution in [1.29, 1.82) is 0 Å². The van der Waals surface area contributed by atoms with Crippen LogP contribution < -0.4 is 0 Å². The molecule has 21 heavy (non-hydrogen) atoms. The molecule has 0 heterocycles. The van der Waals surface area contributed by atoms with E-state index < -0.39 is 0 Å². The van der Waals surface area contributed by atoms with Crippen LogP contribution in [0.1, 0.15) is 43.9 Å². The molecular formula is C20H22O. The molecule has 1 heteroatoms. The van der Waals surface area contributed by atoms with Crippen molar-refractivity contribution < 1.29 is 4.79 Å². The third kappa shape index (κ3) is 2.31. The highest BCUT2D eigenvalue weighted by molar-refractivity contribution is 5.93. The quantitative estimate of drug-likeness (QED) is 0.811. The lowest BCUT2D eigenvalue weighted by Gasteiger charge is -2.26. The van der Waals surface area contributed by atoms with Crippen LogP contribution in [0.15, 0.2) is 54.6 Å². The van der Waals surface area contributed by atoms with E-state index in [1.54, 1.807) is 0 Å². The monoisotopic (exact) mass is 278 g/mol. The molecule has 3 rings (SSSR count). The number of carbonyl (C=O) groups excluding carboxylic acids is 1. The molecule has 0 amide bonds. The van der Waals surface area contributed by atoms with Crippen LogP contribution in [0.3, 0.4) is 0 Å². The molecule has 0 aromatic heterocycles. The molecule has 1 atom stereocenters. The Kier molecular flexibility index (Phi) is 3.24. The van der Waals surface area contributed by atoms with Gasteiger partial charge in [-0.3, -0.25) is 4.79 Å². The molecule has 1 aliphatic rings. The van der Waals surface area contributed by atoms with E-state index in [0.29, 0.717) is 12.2 Å². The first-order chi connectivity index (χ1) is 9.93. The maximum Gasteiger partial charge on any atom is 0.147 e. The Hall–Kier alpha value is -1.89. The maximum atomic E-state index is 13.0. The van der Waals surface area contributed by atoms with Crippen LogP contribution in [0.4, 0.5) is 0 Å². The summed E-state index contributed by atoms with van der Waals surface area (Å²) in [6, 6.07) is 18.5. The number of hydrogen-bond donors (Lipinski definition) is 0. The van der Waals surface area contributed by atoms with Gasteiger partial charge in [0.05, 0.1) is 5.41 Å². The van der Waals surface area contributed by atoms with Gasteiger partial charge >= 0.3 is 0 Å². The highest BCUT2D eigenvalue weighted by atomic mass is 16.1. The van der Waals surface area contributed by atoms with E-state index in [1.807, 2.05) is 36.4 Å². The van der Waals surface area contributed by atoms with Crippen LogP contribution in [0, 0.1) is 0 Å². The lowest BCUT2D eigenvalue weighted by molar-refractivity contribution is -0.123. The molecule has 108 valence electrons. The minimum absolute atomic E-state index is 0.0672. The van der Waals surface area contributed by atoms with Gasteiger partial charge in [-0.1, -0.05) is 68.4 Å². The molecule has 0 aliphatic heterocycles. The van der Waals surface area contributed by atoms with Crippen molar-refractivity contribution in [3.63, 3.8) is 0 Å². The Labute approximate surface area is 127 Å². The number of hydrogen-bond acceptors (Lipinski definition) is 1. The van der Waals surface area contributed by atoms with E-state index in [2.05, 4.69) is 39.0 Å². The second-order valence-corrected chi connectivity index (χ2v) is 7.02. The molecule has 0 saturated heterocycles. The maximum absolute atomic E-state index is 13.0. The second kappa shape index (κ2) is 4.84. The van der Waals surface area contributed by atoms with Crippen molar-refractivity contribution in [3.8, 4) is 0 Å². The Morgan fingerprint density at radius 2 is 1.48 bits per heavy atom. The lowest BCUT2D eigenvalue weighted by Crippen LogP contribution is -2.33. The zero-order chi connectivity index (χ0) is 15.1. The van der Waals surface area contributed by atoms with E-state index in [4.69, 9.17) is 0 Å². The number of fused-ring (bicyclic) bond motifs is 1. The van der Waals surface area contributed by atoms with Crippen LogP contribution in [0.5, 0.6) is 0 Å². The van der Waals surface area contributed by atoms with Gasteiger partial charge in [0.15, 0.2) is 0 Å². The summed E-state index contributed by atoms with van der Waals surface area (Å²) >= 11 is 0. The molecule has 2 aromatic rings. The van der Waals surface area contributed by atoms with Crippen molar-refractivity contribution in [2.45, 2.75) is 44.4 Å². The summed E-state index contributed by atoms with van der Waals surface area (Å²) in [5, 5.41) is 0. The predicted octanol–water partition coefficient (Wildman–Crippen LogP) is 4.44. The molecular weight excluding hydrogens is 256 g/mol. The van der Waals surface area contributed by atoms with Crippen LogP contribution in [-0.2, 0) is 22.0 Å². The predicted molar refractivity (Wildman–Crippen MR) is 86.6 cm³/mol. The Morgan fingerprint density at radius 1 is 0.905 bits per heavy atom. The molecule has 0 spiro atoms. The summed E-state index contributed by atoms with van der Waals surface area (Å²) in [6.45, 7) is 6.60. The van der Waals surface area contributed by atoms with Crippen molar-refractivity contribution in [3.05, 3.63) is 71.3 Å². The van der Waals surface area contributed by atoms with Crippen LogP contribution in [0.2, 0.25) is 0 Å². The average Bonchev–Trinajstić information content (AvgIpc) is 2.69. The summed E-state index contributed by atoms with van der Waals surface area (Å²) in [7, 11) is 0. The highest BCUT2D eigenvalue weighted by Crippen LogP contribution is 2.50. The van der Waals surface area contributed by atoms with E-state index in [-0.39, 0.29) is 10.8 Å². The first-order valence-corrected chi connectivity index (χ1v) is 7.61. The molecule has 1 aliphatic carbocycles. The van der Waals surface area contributed by atoms with Gasteiger partial charge in [0, 0.05) is 6.42 Å². The van der Waals surface area contributed by atoms with Crippen LogP contribution in [-0.4, -0.2) is 5.78 Å². The number of ketones is 1. The molecule has 0 fully saturated rings. The van der Waals surface area contributed by atoms with Crippen molar-refractivity contribution in [1.82, 2.24) is 0 Å². The second-order valence-electron chi connectivity index (χ2n) is 7.02. The molecule has 0 radical (unpaired) electrons. The van der Waals surface area contributed by atoms with Gasteiger partial charge in [0.25, 0.3) is 0 Å². The summed E-state index contributed by atoms with van der Waals surface area (Å²) in [5.41, 5.74) is 3.35. The fourth-order valence-electron chi connectivity index (χ4n) is 3.85. The van der Waals surface area contributed by atoms with Gasteiger partial charge < -0.3 is 0 Å². The Balaban J connectivity index is 1.97. The van der Waals surface area contributed by atoms with Crippen molar-refractivity contribution in [2.75, 3.05) is 0 Å². The lowest BCUT2D eigenvalue weighted by atomic mass is 9.75. The molecule has 0 N–H and O–H groups in total. The van der Waals surface area contributed by atoms with E-state index in [1.165, 1.54) is 11.1 Å². The van der Waals surface area contributed by atoms with Gasteiger partial charge in [-0.05, 0) is 35.4 Å². The zero-order valence-electron chi connectivity index (χ0n) is 13.0. The van der Waals surface area contributed by atoms with Crippen LogP contribution in [0.25, 0.3) is 0 Å². The highest BCUT2D eigenvalue weighted by Gasteiger charge is 2.48. The van der Waals surface area contributed by atoms with Crippen LogP contribution >= 0.6 is 0 Å². The first kappa shape index (κ1) is 14.1. The Morgan fingerprint density at radius 3 is 2.14 bits per heavy atom. The third-order valence-electron chi connectivity index (χ3n) is 4.87. The van der Waals surface area contributed by atoms with E-state index >= 15 is 0 Å². The van der Waals surface area contributed by atoms with Crippen molar-refractivity contribution in [2.24, 2.45) is 0 Å². The normalized spacial score (nSPS) is 22.8. The smallest absolute Gasteiger partial charge is 0.147 e. The largest absolute Gasteiger partial charge is 0.298 e. The van der Waals surface area contributed by atoms with Gasteiger partial charge in [0.2, 0.25) is 0 Å². The third-order valence-corrected chi connectivity index (χ3v) is 4.87. The standard InChI is InChI=1S/C20H22O/c1-19(2)14-20(3,17-12-8-7-11-16(17)19)18(21)13-15-9-5-4-6-10-15/h4-12H,13-14H2,1-3H3. The van der Waals surface area contributed by atoms with Gasteiger partial charge in [0.1, 0.15) is 5.78 Å². The molecule has 2 aromatic carbocycles. The SMILES string of the molecule is CC1(C)CC(C)(C(=O)Cc2ccccc2)c2ccccc21. The number of benzene rings is 2. The summed E-state index contributed by atoms with van der Waals surface area (Å²) < 4.78 is 0. The van der Waals surface area contributed by atoms with Gasteiger partial charge in [-0.2, -0.15) is 0 Å². The van der Waals surface area contributed by atoms with Crippen molar-refractivity contribution >= 4 is 5.78 Å². The van der Waals surface area contributed by atoms with Gasteiger partial charge in [-0.25, -0.2) is 0 Å². The van der Waals surface area contributed by atoms with E-state index in [0.717, 1.165) is 12.0 Å². The minimum Gasteiger partial charge on any atom is -0.298 e. The summed E-state index contributed by atoms with van der Waals surface area (Å²) in [6.07, 6.45) is 1.41. The molecule has 0 bridgehead atoms. The molecule has 1 nitrogen and oxygen atoms in total. The van der Waals surface area contributed by atoms with Gasteiger partial charge in [-0.15, -0.1) is 0 Å². The molecule has 0 saturated carbocycles. The molecule has 1 unspecified atom stereocenters. The number of Topliss-reactive ketones (excluding diaryl/α,β-unsaturated/α-hetero) is 1.